The van der Waals surface area contributed by atoms with Crippen LogP contribution in [0.4, 0.5) is 0 Å². The van der Waals surface area contributed by atoms with Crippen LogP contribution in [0.1, 0.15) is 15.4 Å². The van der Waals surface area contributed by atoms with Crippen LogP contribution in [-0.2, 0) is 13.6 Å². The van der Waals surface area contributed by atoms with Crippen molar-refractivity contribution in [1.29, 1.82) is 0 Å². The molecule has 3 rings (SSSR count). The van der Waals surface area contributed by atoms with Crippen LogP contribution in [0.15, 0.2) is 41.8 Å². The van der Waals surface area contributed by atoms with Crippen molar-refractivity contribution in [2.45, 2.75) is 6.54 Å². The summed E-state index contributed by atoms with van der Waals surface area (Å²) in [7, 11) is 3.71. The molecule has 1 amide bonds. The molecular weight excluding hydrogens is 304 g/mol. The Kier molecular flexibility index (Phi) is 3.74. The van der Waals surface area contributed by atoms with Gasteiger partial charge in [-0.3, -0.25) is 4.79 Å². The SMILES string of the molecule is CN(Cc1cccs1)C(=O)c1cc2c(Cl)cccc2n1C. The van der Waals surface area contributed by atoms with Gasteiger partial charge < -0.3 is 9.47 Å². The Balaban J connectivity index is 1.94. The molecule has 21 heavy (non-hydrogen) atoms. The van der Waals surface area contributed by atoms with E-state index >= 15 is 0 Å². The minimum Gasteiger partial charge on any atom is -0.340 e. The maximum Gasteiger partial charge on any atom is 0.270 e. The third-order valence-electron chi connectivity index (χ3n) is 3.57. The van der Waals surface area contributed by atoms with E-state index in [0.717, 1.165) is 10.9 Å². The molecule has 0 aliphatic heterocycles. The Hall–Kier alpha value is -1.78. The van der Waals surface area contributed by atoms with E-state index in [-0.39, 0.29) is 5.91 Å². The van der Waals surface area contributed by atoms with Crippen LogP contribution < -0.4 is 0 Å². The number of aryl methyl sites for hydroxylation is 1. The lowest BCUT2D eigenvalue weighted by molar-refractivity contribution is 0.0777. The molecule has 0 saturated heterocycles. The predicted octanol–water partition coefficient (Wildman–Crippen LogP) is 4.17. The average Bonchev–Trinajstić information content (AvgIpc) is 3.08. The van der Waals surface area contributed by atoms with E-state index in [0.29, 0.717) is 17.3 Å². The predicted molar refractivity (Wildman–Crippen MR) is 88.0 cm³/mol. The van der Waals surface area contributed by atoms with Crippen LogP contribution in [0.25, 0.3) is 10.9 Å². The first kappa shape index (κ1) is 14.2. The highest BCUT2D eigenvalue weighted by atomic mass is 35.5. The van der Waals surface area contributed by atoms with E-state index in [1.54, 1.807) is 16.2 Å². The number of hydrogen-bond donors (Lipinski definition) is 0. The molecule has 2 aromatic heterocycles. The van der Waals surface area contributed by atoms with Crippen molar-refractivity contribution in [3.63, 3.8) is 0 Å². The molecule has 0 aliphatic rings. The van der Waals surface area contributed by atoms with Crippen molar-refractivity contribution in [3.8, 4) is 0 Å². The Morgan fingerprint density at radius 1 is 1.33 bits per heavy atom. The van der Waals surface area contributed by atoms with Crippen LogP contribution in [0.5, 0.6) is 0 Å². The van der Waals surface area contributed by atoms with Crippen molar-refractivity contribution in [2.75, 3.05) is 7.05 Å². The van der Waals surface area contributed by atoms with Gasteiger partial charge in [-0.2, -0.15) is 0 Å². The summed E-state index contributed by atoms with van der Waals surface area (Å²) in [6.07, 6.45) is 0. The summed E-state index contributed by atoms with van der Waals surface area (Å²) >= 11 is 7.86. The monoisotopic (exact) mass is 318 g/mol. The summed E-state index contributed by atoms with van der Waals surface area (Å²) < 4.78 is 1.90. The third kappa shape index (κ3) is 2.57. The first-order valence-corrected chi connectivity index (χ1v) is 7.85. The van der Waals surface area contributed by atoms with Gasteiger partial charge in [-0.15, -0.1) is 11.3 Å². The minimum atomic E-state index is -0.00170. The van der Waals surface area contributed by atoms with Crippen molar-refractivity contribution >= 4 is 39.7 Å². The van der Waals surface area contributed by atoms with E-state index in [2.05, 4.69) is 0 Å². The lowest BCUT2D eigenvalue weighted by atomic mass is 10.2. The highest BCUT2D eigenvalue weighted by Crippen LogP contribution is 2.27. The zero-order valence-corrected chi connectivity index (χ0v) is 13.4. The molecule has 0 aliphatic carbocycles. The maximum atomic E-state index is 12.6. The Labute approximate surface area is 132 Å². The highest BCUT2D eigenvalue weighted by molar-refractivity contribution is 7.09. The van der Waals surface area contributed by atoms with E-state index in [1.807, 2.05) is 60.4 Å². The van der Waals surface area contributed by atoms with Crippen molar-refractivity contribution in [2.24, 2.45) is 7.05 Å². The summed E-state index contributed by atoms with van der Waals surface area (Å²) in [4.78, 5) is 15.5. The van der Waals surface area contributed by atoms with Gasteiger partial charge in [0.1, 0.15) is 5.69 Å². The number of thiophene rings is 1. The van der Waals surface area contributed by atoms with Gasteiger partial charge in [0.05, 0.1) is 6.54 Å². The highest BCUT2D eigenvalue weighted by Gasteiger charge is 2.18. The first-order valence-electron chi connectivity index (χ1n) is 6.59. The van der Waals surface area contributed by atoms with Crippen molar-refractivity contribution in [3.05, 3.63) is 57.4 Å². The summed E-state index contributed by atoms with van der Waals surface area (Å²) in [5, 5.41) is 3.60. The average molecular weight is 319 g/mol. The molecule has 0 bridgehead atoms. The summed E-state index contributed by atoms with van der Waals surface area (Å²) in [5.41, 5.74) is 1.62. The number of hydrogen-bond acceptors (Lipinski definition) is 2. The number of carbonyl (C=O) groups excluding carboxylic acids is 1. The summed E-state index contributed by atoms with van der Waals surface area (Å²) in [5.74, 6) is -0.00170. The van der Waals surface area contributed by atoms with Gasteiger partial charge in [-0.25, -0.2) is 0 Å². The zero-order chi connectivity index (χ0) is 15.0. The smallest absolute Gasteiger partial charge is 0.270 e. The Morgan fingerprint density at radius 2 is 2.14 bits per heavy atom. The normalized spacial score (nSPS) is 11.0. The number of amides is 1. The number of nitrogens with zero attached hydrogens (tertiary/aromatic N) is 2. The van der Waals surface area contributed by atoms with Crippen LogP contribution in [-0.4, -0.2) is 22.4 Å². The number of halogens is 1. The van der Waals surface area contributed by atoms with Gasteiger partial charge in [-0.05, 0) is 29.6 Å². The Morgan fingerprint density at radius 3 is 2.81 bits per heavy atom. The molecule has 2 heterocycles. The molecule has 3 nitrogen and oxygen atoms in total. The van der Waals surface area contributed by atoms with Gasteiger partial charge in [0.2, 0.25) is 0 Å². The summed E-state index contributed by atoms with van der Waals surface area (Å²) in [6, 6.07) is 11.6. The molecule has 3 aromatic rings. The fourth-order valence-corrected chi connectivity index (χ4v) is 3.41. The van der Waals surface area contributed by atoms with Crippen LogP contribution in [0.2, 0.25) is 5.02 Å². The molecule has 0 atom stereocenters. The number of carbonyl (C=O) groups is 1. The fraction of sp³-hybridized carbons (Fsp3) is 0.188. The molecule has 0 saturated carbocycles. The second-order valence-electron chi connectivity index (χ2n) is 5.00. The quantitative estimate of drug-likeness (QED) is 0.711. The van der Waals surface area contributed by atoms with E-state index < -0.39 is 0 Å². The molecule has 0 radical (unpaired) electrons. The second-order valence-corrected chi connectivity index (χ2v) is 6.44. The standard InChI is InChI=1S/C16H15ClN2OS/c1-18(10-11-5-4-8-21-11)16(20)15-9-12-13(17)6-3-7-14(12)19(15)2/h3-9H,10H2,1-2H3. The minimum absolute atomic E-state index is 0.00170. The first-order chi connectivity index (χ1) is 10.1. The number of rotatable bonds is 3. The second kappa shape index (κ2) is 5.54. The zero-order valence-electron chi connectivity index (χ0n) is 11.8. The topological polar surface area (TPSA) is 25.2 Å². The van der Waals surface area contributed by atoms with Gasteiger partial charge >= 0.3 is 0 Å². The molecule has 1 aromatic carbocycles. The van der Waals surface area contributed by atoms with E-state index in [1.165, 1.54) is 4.88 Å². The van der Waals surface area contributed by atoms with Crippen molar-refractivity contribution < 1.29 is 4.79 Å². The largest absolute Gasteiger partial charge is 0.340 e. The molecular formula is C16H15ClN2OS. The van der Waals surface area contributed by atoms with E-state index in [9.17, 15) is 4.79 Å². The van der Waals surface area contributed by atoms with Crippen LogP contribution in [0.3, 0.4) is 0 Å². The summed E-state index contributed by atoms with van der Waals surface area (Å²) in [6.45, 7) is 0.617. The molecule has 0 spiro atoms. The van der Waals surface area contributed by atoms with Gasteiger partial charge in [0.25, 0.3) is 5.91 Å². The lowest BCUT2D eigenvalue weighted by Gasteiger charge is -2.16. The number of fused-ring (bicyclic) bond motifs is 1. The van der Waals surface area contributed by atoms with Gasteiger partial charge in [0, 0.05) is 34.9 Å². The molecule has 0 unspecified atom stereocenters. The van der Waals surface area contributed by atoms with Crippen molar-refractivity contribution in [1.82, 2.24) is 9.47 Å². The number of aromatic nitrogens is 1. The maximum absolute atomic E-state index is 12.6. The van der Waals surface area contributed by atoms with E-state index in [4.69, 9.17) is 11.6 Å². The van der Waals surface area contributed by atoms with Crippen LogP contribution in [0, 0.1) is 0 Å². The Bertz CT molecular complexity index is 792. The fourth-order valence-electron chi connectivity index (χ4n) is 2.43. The van der Waals surface area contributed by atoms with Gasteiger partial charge in [0.15, 0.2) is 0 Å². The molecule has 0 fully saturated rings. The molecule has 108 valence electrons. The molecule has 5 heteroatoms. The molecule has 0 N–H and O–H groups in total. The third-order valence-corrected chi connectivity index (χ3v) is 4.76. The number of benzene rings is 1. The van der Waals surface area contributed by atoms with Crippen LogP contribution >= 0.6 is 22.9 Å². The van der Waals surface area contributed by atoms with Gasteiger partial charge in [-0.1, -0.05) is 23.7 Å². The lowest BCUT2D eigenvalue weighted by Crippen LogP contribution is -2.27.